The van der Waals surface area contributed by atoms with Crippen LogP contribution in [0.4, 0.5) is 0 Å². The van der Waals surface area contributed by atoms with E-state index in [4.69, 9.17) is 4.99 Å². The van der Waals surface area contributed by atoms with E-state index in [0.29, 0.717) is 6.54 Å². The Morgan fingerprint density at radius 3 is 2.69 bits per heavy atom. The minimum absolute atomic E-state index is 0. The van der Waals surface area contributed by atoms with Gasteiger partial charge in [-0.3, -0.25) is 4.68 Å². The molecular weight excluding hydrogens is 437 g/mol. The van der Waals surface area contributed by atoms with Gasteiger partial charge in [0.05, 0.1) is 13.1 Å². The second-order valence-electron chi connectivity index (χ2n) is 6.86. The molecule has 2 aromatic rings. The Balaban J connectivity index is 0.00000243. The Bertz CT molecular complexity index is 675. The van der Waals surface area contributed by atoms with Gasteiger partial charge in [0.25, 0.3) is 0 Å². The number of likely N-dealkylation sites (tertiary alicyclic amines) is 1. The summed E-state index contributed by atoms with van der Waals surface area (Å²) in [7, 11) is 0. The minimum atomic E-state index is 0. The van der Waals surface area contributed by atoms with Gasteiger partial charge < -0.3 is 10.2 Å². The van der Waals surface area contributed by atoms with E-state index in [0.717, 1.165) is 38.1 Å². The summed E-state index contributed by atoms with van der Waals surface area (Å²) >= 11 is 0. The number of nitrogens with zero attached hydrogens (tertiary/aromatic N) is 4. The molecule has 1 N–H and O–H groups in total. The molecule has 1 aromatic heterocycles. The molecule has 1 aliphatic heterocycles. The fraction of sp³-hybridized carbons (Fsp3) is 0.500. The van der Waals surface area contributed by atoms with E-state index in [9.17, 15) is 0 Å². The lowest BCUT2D eigenvalue weighted by Gasteiger charge is -2.33. The predicted octanol–water partition coefficient (Wildman–Crippen LogP) is 3.75. The van der Waals surface area contributed by atoms with Crippen molar-refractivity contribution in [2.75, 3.05) is 19.6 Å². The average Bonchev–Trinajstić information content (AvgIpc) is 3.13. The first-order chi connectivity index (χ1) is 12.2. The van der Waals surface area contributed by atoms with Gasteiger partial charge in [-0.05, 0) is 42.9 Å². The second-order valence-corrected chi connectivity index (χ2v) is 6.86. The van der Waals surface area contributed by atoms with Crippen molar-refractivity contribution in [3.8, 4) is 0 Å². The smallest absolute Gasteiger partial charge is 0.194 e. The van der Waals surface area contributed by atoms with Crippen molar-refractivity contribution in [3.05, 3.63) is 53.9 Å². The van der Waals surface area contributed by atoms with Crippen molar-refractivity contribution < 1.29 is 0 Å². The molecule has 1 saturated heterocycles. The molecule has 0 unspecified atom stereocenters. The molecule has 0 radical (unpaired) electrons. The van der Waals surface area contributed by atoms with Gasteiger partial charge in [0.2, 0.25) is 0 Å². The summed E-state index contributed by atoms with van der Waals surface area (Å²) in [6.07, 6.45) is 6.31. The molecule has 0 atom stereocenters. The Morgan fingerprint density at radius 1 is 1.23 bits per heavy atom. The van der Waals surface area contributed by atoms with Crippen LogP contribution >= 0.6 is 24.0 Å². The highest BCUT2D eigenvalue weighted by atomic mass is 127. The largest absolute Gasteiger partial charge is 0.357 e. The molecule has 1 aliphatic rings. The first-order valence-electron chi connectivity index (χ1n) is 9.33. The highest BCUT2D eigenvalue weighted by Gasteiger charge is 2.18. The molecule has 142 valence electrons. The lowest BCUT2D eigenvalue weighted by molar-refractivity contribution is 0.273. The fourth-order valence-electron chi connectivity index (χ4n) is 3.22. The van der Waals surface area contributed by atoms with E-state index >= 15 is 0 Å². The fourth-order valence-corrected chi connectivity index (χ4v) is 3.22. The van der Waals surface area contributed by atoms with Crippen LogP contribution in [0.3, 0.4) is 0 Å². The number of aliphatic imine (C=N–C) groups is 1. The first-order valence-corrected chi connectivity index (χ1v) is 9.33. The summed E-state index contributed by atoms with van der Waals surface area (Å²) in [4.78, 5) is 7.28. The normalized spacial score (nSPS) is 15.6. The molecule has 3 rings (SSSR count). The summed E-state index contributed by atoms with van der Waals surface area (Å²) < 4.78 is 1.95. The quantitative estimate of drug-likeness (QED) is 0.414. The third-order valence-corrected chi connectivity index (χ3v) is 4.72. The third-order valence-electron chi connectivity index (χ3n) is 4.72. The van der Waals surface area contributed by atoms with Crippen LogP contribution in [0.5, 0.6) is 0 Å². The zero-order valence-corrected chi connectivity index (χ0v) is 18.1. The lowest BCUT2D eigenvalue weighted by Crippen LogP contribution is -2.45. The van der Waals surface area contributed by atoms with E-state index in [1.54, 1.807) is 0 Å². The predicted molar refractivity (Wildman–Crippen MR) is 118 cm³/mol. The van der Waals surface area contributed by atoms with Crippen molar-refractivity contribution in [1.82, 2.24) is 20.0 Å². The van der Waals surface area contributed by atoms with Gasteiger partial charge in [0.1, 0.15) is 0 Å². The Kier molecular flexibility index (Phi) is 8.41. The topological polar surface area (TPSA) is 45.5 Å². The number of aromatic nitrogens is 2. The molecule has 0 spiro atoms. The molecule has 6 heteroatoms. The van der Waals surface area contributed by atoms with Gasteiger partial charge in [0.15, 0.2) is 5.96 Å². The standard InChI is InChI=1S/C20H29N5.HI/c1-3-21-20(24-12-8-17(2)9-13-24)22-15-18-6-4-7-19(14-18)16-25-11-5-10-23-25;/h4-7,10-11,14,17H,3,8-9,12-13,15-16H2,1-2H3,(H,21,22);1H. The summed E-state index contributed by atoms with van der Waals surface area (Å²) in [5.74, 6) is 1.88. The van der Waals surface area contributed by atoms with E-state index in [1.807, 2.05) is 23.1 Å². The van der Waals surface area contributed by atoms with E-state index < -0.39 is 0 Å². The summed E-state index contributed by atoms with van der Waals surface area (Å²) in [5.41, 5.74) is 2.50. The maximum atomic E-state index is 4.88. The number of hydrogen-bond donors (Lipinski definition) is 1. The van der Waals surface area contributed by atoms with Gasteiger partial charge in [-0.2, -0.15) is 5.10 Å². The summed E-state index contributed by atoms with van der Waals surface area (Å²) in [6, 6.07) is 10.6. The van der Waals surface area contributed by atoms with Crippen molar-refractivity contribution in [2.45, 2.75) is 39.8 Å². The van der Waals surface area contributed by atoms with Gasteiger partial charge in [-0.1, -0.05) is 31.2 Å². The average molecular weight is 467 g/mol. The highest BCUT2D eigenvalue weighted by Crippen LogP contribution is 2.16. The van der Waals surface area contributed by atoms with E-state index in [1.165, 1.54) is 24.0 Å². The molecule has 1 fully saturated rings. The molecule has 0 bridgehead atoms. The van der Waals surface area contributed by atoms with Gasteiger partial charge in [-0.15, -0.1) is 24.0 Å². The number of benzene rings is 1. The zero-order chi connectivity index (χ0) is 17.5. The lowest BCUT2D eigenvalue weighted by atomic mass is 10.00. The number of nitrogens with one attached hydrogen (secondary N) is 1. The molecule has 0 amide bonds. The van der Waals surface area contributed by atoms with Crippen molar-refractivity contribution in [1.29, 1.82) is 0 Å². The Hall–Kier alpha value is -1.57. The zero-order valence-electron chi connectivity index (χ0n) is 15.8. The number of rotatable bonds is 5. The molecule has 2 heterocycles. The third kappa shape index (κ3) is 6.00. The van der Waals surface area contributed by atoms with Crippen LogP contribution in [-0.2, 0) is 13.1 Å². The van der Waals surface area contributed by atoms with Crippen LogP contribution in [0.1, 0.15) is 37.8 Å². The maximum Gasteiger partial charge on any atom is 0.194 e. The molecular formula is C20H30IN5. The highest BCUT2D eigenvalue weighted by molar-refractivity contribution is 14.0. The summed E-state index contributed by atoms with van der Waals surface area (Å²) in [5, 5.41) is 7.73. The van der Waals surface area contributed by atoms with Crippen LogP contribution in [0.25, 0.3) is 0 Å². The Morgan fingerprint density at radius 2 is 2.00 bits per heavy atom. The van der Waals surface area contributed by atoms with Gasteiger partial charge in [0, 0.05) is 32.0 Å². The number of piperidine rings is 1. The van der Waals surface area contributed by atoms with Crippen LogP contribution in [0.2, 0.25) is 0 Å². The minimum Gasteiger partial charge on any atom is -0.357 e. The van der Waals surface area contributed by atoms with Gasteiger partial charge in [-0.25, -0.2) is 4.99 Å². The van der Waals surface area contributed by atoms with Crippen molar-refractivity contribution >= 4 is 29.9 Å². The maximum absolute atomic E-state index is 4.88. The second kappa shape index (κ2) is 10.5. The van der Waals surface area contributed by atoms with Gasteiger partial charge >= 0.3 is 0 Å². The number of hydrogen-bond acceptors (Lipinski definition) is 2. The molecule has 0 aliphatic carbocycles. The first kappa shape index (κ1) is 20.7. The van der Waals surface area contributed by atoms with E-state index in [-0.39, 0.29) is 24.0 Å². The monoisotopic (exact) mass is 467 g/mol. The Labute approximate surface area is 173 Å². The van der Waals surface area contributed by atoms with Crippen LogP contribution < -0.4 is 5.32 Å². The van der Waals surface area contributed by atoms with Crippen LogP contribution in [-0.4, -0.2) is 40.3 Å². The number of halogens is 1. The van der Waals surface area contributed by atoms with Crippen molar-refractivity contribution in [3.63, 3.8) is 0 Å². The summed E-state index contributed by atoms with van der Waals surface area (Å²) in [6.45, 7) is 9.10. The SMILES string of the molecule is CCNC(=NCc1cccc(Cn2cccn2)c1)N1CCC(C)CC1.I. The van der Waals surface area contributed by atoms with Crippen molar-refractivity contribution in [2.24, 2.45) is 10.9 Å². The molecule has 1 aromatic carbocycles. The van der Waals surface area contributed by atoms with Crippen LogP contribution in [0, 0.1) is 5.92 Å². The number of guanidine groups is 1. The van der Waals surface area contributed by atoms with E-state index in [2.05, 4.69) is 53.4 Å². The molecule has 5 nitrogen and oxygen atoms in total. The molecule has 0 saturated carbocycles. The van der Waals surface area contributed by atoms with Crippen LogP contribution in [0.15, 0.2) is 47.7 Å². The molecule has 26 heavy (non-hydrogen) atoms.